The van der Waals surface area contributed by atoms with Gasteiger partial charge in [-0.1, -0.05) is 29.8 Å². The Labute approximate surface area is 135 Å². The number of nitrogens with two attached hydrogens (primary N) is 1. The van der Waals surface area contributed by atoms with Crippen LogP contribution in [-0.2, 0) is 4.79 Å². The summed E-state index contributed by atoms with van der Waals surface area (Å²) >= 11 is 5.83. The highest BCUT2D eigenvalue weighted by atomic mass is 35.5. The molecule has 0 aliphatic heterocycles. The maximum atomic E-state index is 11.9. The first-order valence-corrected chi connectivity index (χ1v) is 7.55. The summed E-state index contributed by atoms with van der Waals surface area (Å²) in [5.74, 6) is -0.0458. The van der Waals surface area contributed by atoms with Gasteiger partial charge in [-0.05, 0) is 36.8 Å². The van der Waals surface area contributed by atoms with Gasteiger partial charge >= 0.3 is 0 Å². The monoisotopic (exact) mass is 317 g/mol. The quantitative estimate of drug-likeness (QED) is 0.797. The van der Waals surface area contributed by atoms with Crippen molar-refractivity contribution in [3.63, 3.8) is 0 Å². The number of nitrogen functional groups attached to an aromatic ring is 1. The minimum absolute atomic E-state index is 0.0458. The fraction of sp³-hybridized carbons (Fsp3) is 0.235. The average molecular weight is 318 g/mol. The van der Waals surface area contributed by atoms with Gasteiger partial charge in [0.1, 0.15) is 0 Å². The van der Waals surface area contributed by atoms with E-state index in [0.717, 1.165) is 18.7 Å². The number of amides is 1. The summed E-state index contributed by atoms with van der Waals surface area (Å²) in [7, 11) is 2.02. The second kappa shape index (κ2) is 7.71. The van der Waals surface area contributed by atoms with E-state index in [1.807, 2.05) is 25.2 Å². The van der Waals surface area contributed by atoms with Gasteiger partial charge in [-0.25, -0.2) is 0 Å². The summed E-state index contributed by atoms with van der Waals surface area (Å²) in [6, 6.07) is 15.1. The van der Waals surface area contributed by atoms with E-state index in [9.17, 15) is 4.79 Å². The first kappa shape index (κ1) is 16.2. The molecule has 0 aliphatic carbocycles. The molecule has 5 heteroatoms. The SMILES string of the molecule is CN(CCCC(=O)Nc1ccc(Cl)cc1N)c1ccccc1. The van der Waals surface area contributed by atoms with E-state index < -0.39 is 0 Å². The summed E-state index contributed by atoms with van der Waals surface area (Å²) < 4.78 is 0. The lowest BCUT2D eigenvalue weighted by Gasteiger charge is -2.19. The molecule has 0 unspecified atom stereocenters. The maximum Gasteiger partial charge on any atom is 0.224 e. The number of carbonyl (C=O) groups is 1. The first-order valence-electron chi connectivity index (χ1n) is 7.17. The number of hydrogen-bond donors (Lipinski definition) is 2. The van der Waals surface area contributed by atoms with Crippen LogP contribution in [0.25, 0.3) is 0 Å². The molecule has 3 N–H and O–H groups in total. The van der Waals surface area contributed by atoms with Gasteiger partial charge in [-0.15, -0.1) is 0 Å². The van der Waals surface area contributed by atoms with E-state index in [0.29, 0.717) is 22.8 Å². The topological polar surface area (TPSA) is 58.4 Å². The molecule has 0 radical (unpaired) electrons. The van der Waals surface area contributed by atoms with Gasteiger partial charge in [-0.3, -0.25) is 4.79 Å². The first-order chi connectivity index (χ1) is 10.6. The minimum Gasteiger partial charge on any atom is -0.397 e. The van der Waals surface area contributed by atoms with E-state index in [-0.39, 0.29) is 5.91 Å². The Hall–Kier alpha value is -2.20. The zero-order valence-electron chi connectivity index (χ0n) is 12.6. The third kappa shape index (κ3) is 4.67. The van der Waals surface area contributed by atoms with Crippen molar-refractivity contribution in [3.05, 3.63) is 53.6 Å². The molecule has 2 aromatic rings. The van der Waals surface area contributed by atoms with Crippen molar-refractivity contribution in [2.24, 2.45) is 0 Å². The lowest BCUT2D eigenvalue weighted by Crippen LogP contribution is -2.20. The van der Waals surface area contributed by atoms with E-state index >= 15 is 0 Å². The fourth-order valence-electron chi connectivity index (χ4n) is 2.15. The fourth-order valence-corrected chi connectivity index (χ4v) is 2.33. The number of benzene rings is 2. The molecule has 116 valence electrons. The molecule has 0 heterocycles. The Morgan fingerprint density at radius 1 is 1.23 bits per heavy atom. The summed E-state index contributed by atoms with van der Waals surface area (Å²) in [6.07, 6.45) is 1.21. The molecule has 2 aromatic carbocycles. The largest absolute Gasteiger partial charge is 0.397 e. The number of nitrogens with zero attached hydrogens (tertiary/aromatic N) is 1. The molecule has 4 nitrogen and oxygen atoms in total. The number of nitrogens with one attached hydrogen (secondary N) is 1. The molecular formula is C17H20ClN3O. The molecule has 2 rings (SSSR count). The Bertz CT molecular complexity index is 631. The molecule has 0 aromatic heterocycles. The molecule has 22 heavy (non-hydrogen) atoms. The van der Waals surface area contributed by atoms with Gasteiger partial charge in [0.15, 0.2) is 0 Å². The Balaban J connectivity index is 1.78. The zero-order valence-corrected chi connectivity index (χ0v) is 13.3. The highest BCUT2D eigenvalue weighted by Gasteiger charge is 2.07. The third-order valence-corrected chi connectivity index (χ3v) is 3.62. The average Bonchev–Trinajstić information content (AvgIpc) is 2.51. The molecule has 1 amide bonds. The van der Waals surface area contributed by atoms with Crippen LogP contribution in [0, 0.1) is 0 Å². The summed E-state index contributed by atoms with van der Waals surface area (Å²) in [6.45, 7) is 0.813. The highest BCUT2D eigenvalue weighted by molar-refractivity contribution is 6.31. The van der Waals surface area contributed by atoms with Crippen LogP contribution >= 0.6 is 11.6 Å². The van der Waals surface area contributed by atoms with Crippen LogP contribution in [0.3, 0.4) is 0 Å². The van der Waals surface area contributed by atoms with Crippen molar-refractivity contribution in [2.45, 2.75) is 12.8 Å². The molecule has 0 spiro atoms. The summed E-state index contributed by atoms with van der Waals surface area (Å²) in [4.78, 5) is 14.1. The zero-order chi connectivity index (χ0) is 15.9. The Morgan fingerprint density at radius 3 is 2.64 bits per heavy atom. The predicted octanol–water partition coefficient (Wildman–Crippen LogP) is 3.78. The van der Waals surface area contributed by atoms with Crippen molar-refractivity contribution in [2.75, 3.05) is 29.5 Å². The maximum absolute atomic E-state index is 11.9. The molecule has 0 saturated heterocycles. The van der Waals surface area contributed by atoms with Gasteiger partial charge in [0.2, 0.25) is 5.91 Å². The smallest absolute Gasteiger partial charge is 0.224 e. The van der Waals surface area contributed by atoms with E-state index in [2.05, 4.69) is 22.3 Å². The number of rotatable bonds is 6. The van der Waals surface area contributed by atoms with Crippen LogP contribution < -0.4 is 16.0 Å². The number of hydrogen-bond acceptors (Lipinski definition) is 3. The summed E-state index contributed by atoms with van der Waals surface area (Å²) in [5.41, 5.74) is 8.04. The number of carbonyl (C=O) groups excluding carboxylic acids is 1. The molecular weight excluding hydrogens is 298 g/mol. The molecule has 0 saturated carbocycles. The van der Waals surface area contributed by atoms with Gasteiger partial charge in [0.05, 0.1) is 11.4 Å². The van der Waals surface area contributed by atoms with Gasteiger partial charge < -0.3 is 16.0 Å². The van der Waals surface area contributed by atoms with Crippen LogP contribution in [0.2, 0.25) is 5.02 Å². The number of anilines is 3. The van der Waals surface area contributed by atoms with Crippen LogP contribution in [0.1, 0.15) is 12.8 Å². The second-order valence-corrected chi connectivity index (χ2v) is 5.58. The van der Waals surface area contributed by atoms with Gasteiger partial charge in [-0.2, -0.15) is 0 Å². The molecule has 0 fully saturated rings. The number of halogens is 1. The van der Waals surface area contributed by atoms with Gasteiger partial charge in [0, 0.05) is 30.7 Å². The predicted molar refractivity (Wildman–Crippen MR) is 93.4 cm³/mol. The van der Waals surface area contributed by atoms with Crippen LogP contribution in [0.15, 0.2) is 48.5 Å². The van der Waals surface area contributed by atoms with E-state index in [1.54, 1.807) is 18.2 Å². The van der Waals surface area contributed by atoms with Crippen LogP contribution in [0.5, 0.6) is 0 Å². The van der Waals surface area contributed by atoms with Crippen molar-refractivity contribution < 1.29 is 4.79 Å². The van der Waals surface area contributed by atoms with Crippen molar-refractivity contribution in [3.8, 4) is 0 Å². The lowest BCUT2D eigenvalue weighted by atomic mass is 10.2. The number of para-hydroxylation sites is 1. The Morgan fingerprint density at radius 2 is 1.95 bits per heavy atom. The normalized spacial score (nSPS) is 10.3. The van der Waals surface area contributed by atoms with Crippen LogP contribution in [-0.4, -0.2) is 19.5 Å². The van der Waals surface area contributed by atoms with Crippen molar-refractivity contribution in [1.29, 1.82) is 0 Å². The van der Waals surface area contributed by atoms with Crippen LogP contribution in [0.4, 0.5) is 17.1 Å². The van der Waals surface area contributed by atoms with Crippen molar-refractivity contribution in [1.82, 2.24) is 0 Å². The Kier molecular flexibility index (Phi) is 5.67. The standard InChI is InChI=1S/C17H20ClN3O/c1-21(14-6-3-2-4-7-14)11-5-8-17(22)20-16-10-9-13(18)12-15(16)19/h2-4,6-7,9-10,12H,5,8,11,19H2,1H3,(H,20,22). The third-order valence-electron chi connectivity index (χ3n) is 3.38. The lowest BCUT2D eigenvalue weighted by molar-refractivity contribution is -0.116. The molecule has 0 atom stereocenters. The van der Waals surface area contributed by atoms with E-state index in [4.69, 9.17) is 17.3 Å². The highest BCUT2D eigenvalue weighted by Crippen LogP contribution is 2.22. The minimum atomic E-state index is -0.0458. The van der Waals surface area contributed by atoms with Gasteiger partial charge in [0.25, 0.3) is 0 Å². The van der Waals surface area contributed by atoms with Crippen molar-refractivity contribution >= 4 is 34.6 Å². The summed E-state index contributed by atoms with van der Waals surface area (Å²) in [5, 5.41) is 3.37. The van der Waals surface area contributed by atoms with E-state index in [1.165, 1.54) is 0 Å². The molecule has 0 bridgehead atoms. The molecule has 0 aliphatic rings. The second-order valence-electron chi connectivity index (χ2n) is 5.14.